The van der Waals surface area contributed by atoms with E-state index in [9.17, 15) is 0 Å². The molecule has 0 saturated carbocycles. The summed E-state index contributed by atoms with van der Waals surface area (Å²) in [6.45, 7) is 0. The SMILES string of the molecule is c1ccc2oc(-c3ccc(-c4ccc5c(c4)c4ccccc4n5-c4ccc(-c5nc6ccccc6o5)cc4)cc3)cc2c1. The highest BCUT2D eigenvalue weighted by Crippen LogP contribution is 2.36. The van der Waals surface area contributed by atoms with E-state index in [1.54, 1.807) is 0 Å². The topological polar surface area (TPSA) is 44.1 Å². The van der Waals surface area contributed by atoms with Gasteiger partial charge in [-0.15, -0.1) is 0 Å². The maximum atomic E-state index is 6.09. The van der Waals surface area contributed by atoms with Crippen molar-refractivity contribution in [1.82, 2.24) is 9.55 Å². The number of furan rings is 1. The quantitative estimate of drug-likeness (QED) is 0.218. The summed E-state index contributed by atoms with van der Waals surface area (Å²) in [5.74, 6) is 1.51. The van der Waals surface area contributed by atoms with Crippen molar-refractivity contribution < 1.29 is 8.83 Å². The molecule has 9 rings (SSSR count). The zero-order valence-electron chi connectivity index (χ0n) is 23.1. The van der Waals surface area contributed by atoms with Gasteiger partial charge in [0.15, 0.2) is 5.58 Å². The van der Waals surface area contributed by atoms with Gasteiger partial charge in [0.2, 0.25) is 5.89 Å². The molecule has 4 heteroatoms. The van der Waals surface area contributed by atoms with Crippen molar-refractivity contribution in [2.75, 3.05) is 0 Å². The lowest BCUT2D eigenvalue weighted by Crippen LogP contribution is -1.93. The lowest BCUT2D eigenvalue weighted by Gasteiger charge is -2.09. The number of fused-ring (bicyclic) bond motifs is 5. The van der Waals surface area contributed by atoms with Crippen molar-refractivity contribution in [1.29, 1.82) is 0 Å². The smallest absolute Gasteiger partial charge is 0.227 e. The summed E-state index contributed by atoms with van der Waals surface area (Å²) in [7, 11) is 0. The van der Waals surface area contributed by atoms with E-state index in [1.807, 2.05) is 42.5 Å². The van der Waals surface area contributed by atoms with Gasteiger partial charge in [-0.3, -0.25) is 0 Å². The molecule has 0 aliphatic rings. The van der Waals surface area contributed by atoms with Crippen molar-refractivity contribution in [3.63, 3.8) is 0 Å². The second kappa shape index (κ2) is 9.33. The van der Waals surface area contributed by atoms with E-state index in [-0.39, 0.29) is 0 Å². The summed E-state index contributed by atoms with van der Waals surface area (Å²) < 4.78 is 14.4. The van der Waals surface area contributed by atoms with Crippen LogP contribution in [0.4, 0.5) is 0 Å². The van der Waals surface area contributed by atoms with Crippen LogP contribution in [-0.2, 0) is 0 Å². The molecule has 0 aliphatic heterocycles. The lowest BCUT2D eigenvalue weighted by atomic mass is 10.0. The van der Waals surface area contributed by atoms with Crippen molar-refractivity contribution in [3.8, 4) is 39.6 Å². The molecule has 3 aromatic heterocycles. The van der Waals surface area contributed by atoms with E-state index in [4.69, 9.17) is 8.83 Å². The van der Waals surface area contributed by atoms with Gasteiger partial charge < -0.3 is 13.4 Å². The fraction of sp³-hybridized carbons (Fsp3) is 0. The fourth-order valence-corrected chi connectivity index (χ4v) is 6.13. The van der Waals surface area contributed by atoms with Gasteiger partial charge in [0.25, 0.3) is 0 Å². The predicted octanol–water partition coefficient (Wildman–Crippen LogP) is 10.7. The van der Waals surface area contributed by atoms with Crippen molar-refractivity contribution >= 4 is 43.9 Å². The Bertz CT molecular complexity index is 2380. The molecular weight excluding hydrogens is 528 g/mol. The second-order valence-corrected chi connectivity index (χ2v) is 10.8. The summed E-state index contributed by atoms with van der Waals surface area (Å²) in [6, 6.07) is 50.5. The summed E-state index contributed by atoms with van der Waals surface area (Å²) in [6.07, 6.45) is 0. The third-order valence-electron chi connectivity index (χ3n) is 8.27. The molecule has 0 aliphatic carbocycles. The number of hydrogen-bond acceptors (Lipinski definition) is 3. The fourth-order valence-electron chi connectivity index (χ4n) is 6.13. The Labute approximate surface area is 247 Å². The Morgan fingerprint density at radius 1 is 0.465 bits per heavy atom. The first-order chi connectivity index (χ1) is 21.3. The number of oxazole rings is 1. The lowest BCUT2D eigenvalue weighted by molar-refractivity contribution is 0.620. The number of aromatic nitrogens is 2. The van der Waals surface area contributed by atoms with Crippen LogP contribution in [-0.4, -0.2) is 9.55 Å². The first-order valence-corrected chi connectivity index (χ1v) is 14.4. The van der Waals surface area contributed by atoms with Crippen LogP contribution in [0, 0.1) is 0 Å². The normalized spacial score (nSPS) is 11.7. The zero-order chi connectivity index (χ0) is 28.3. The van der Waals surface area contributed by atoms with Crippen LogP contribution in [0.2, 0.25) is 0 Å². The number of para-hydroxylation sites is 4. The van der Waals surface area contributed by atoms with Crippen LogP contribution in [0.5, 0.6) is 0 Å². The molecule has 3 heterocycles. The maximum Gasteiger partial charge on any atom is 0.227 e. The van der Waals surface area contributed by atoms with E-state index in [2.05, 4.69) is 113 Å². The highest BCUT2D eigenvalue weighted by molar-refractivity contribution is 6.10. The van der Waals surface area contributed by atoms with E-state index in [0.29, 0.717) is 5.89 Å². The molecule has 0 atom stereocenters. The monoisotopic (exact) mass is 552 g/mol. The minimum atomic E-state index is 0.631. The summed E-state index contributed by atoms with van der Waals surface area (Å²) in [4.78, 5) is 4.67. The molecule has 0 fully saturated rings. The Balaban J connectivity index is 1.10. The number of benzene rings is 6. The van der Waals surface area contributed by atoms with Gasteiger partial charge in [-0.1, -0.05) is 78.9 Å². The molecule has 9 aromatic rings. The predicted molar refractivity (Wildman–Crippen MR) is 174 cm³/mol. The van der Waals surface area contributed by atoms with Gasteiger partial charge in [-0.2, -0.15) is 0 Å². The molecule has 0 radical (unpaired) electrons. The third-order valence-corrected chi connectivity index (χ3v) is 8.27. The van der Waals surface area contributed by atoms with Crippen LogP contribution in [0.25, 0.3) is 83.5 Å². The molecule has 0 unspecified atom stereocenters. The molecule has 202 valence electrons. The van der Waals surface area contributed by atoms with E-state index in [0.717, 1.165) is 44.6 Å². The van der Waals surface area contributed by atoms with Gasteiger partial charge >= 0.3 is 0 Å². The van der Waals surface area contributed by atoms with Crippen LogP contribution in [0.3, 0.4) is 0 Å². The highest BCUT2D eigenvalue weighted by atomic mass is 16.3. The van der Waals surface area contributed by atoms with Crippen molar-refractivity contribution in [2.24, 2.45) is 0 Å². The standard InChI is InChI=1S/C39H24N2O2/c1-5-11-36-29(7-1)24-38(42-36)26-15-13-25(14-16-26)28-19-22-35-32(23-28)31-8-2-4-10-34(31)41(35)30-20-17-27(18-21-30)39-40-33-9-3-6-12-37(33)43-39/h1-24H. The van der Waals surface area contributed by atoms with E-state index < -0.39 is 0 Å². The molecule has 6 aromatic carbocycles. The number of hydrogen-bond donors (Lipinski definition) is 0. The van der Waals surface area contributed by atoms with E-state index >= 15 is 0 Å². The average molecular weight is 553 g/mol. The molecule has 0 saturated heterocycles. The molecule has 43 heavy (non-hydrogen) atoms. The first kappa shape index (κ1) is 23.8. The van der Waals surface area contributed by atoms with Crippen LogP contribution >= 0.6 is 0 Å². The first-order valence-electron chi connectivity index (χ1n) is 14.4. The molecule has 0 N–H and O–H groups in total. The summed E-state index contributed by atoms with van der Waals surface area (Å²) in [5.41, 5.74) is 10.4. The minimum absolute atomic E-state index is 0.631. The maximum absolute atomic E-state index is 6.09. The van der Waals surface area contributed by atoms with Crippen LogP contribution in [0.15, 0.2) is 154 Å². The summed E-state index contributed by atoms with van der Waals surface area (Å²) >= 11 is 0. The van der Waals surface area contributed by atoms with Crippen LogP contribution < -0.4 is 0 Å². The Morgan fingerprint density at radius 3 is 1.98 bits per heavy atom. The van der Waals surface area contributed by atoms with Crippen molar-refractivity contribution in [2.45, 2.75) is 0 Å². The van der Waals surface area contributed by atoms with Gasteiger partial charge in [-0.25, -0.2) is 4.98 Å². The Kier molecular flexibility index (Phi) is 5.16. The van der Waals surface area contributed by atoms with Crippen molar-refractivity contribution in [3.05, 3.63) is 146 Å². The highest BCUT2D eigenvalue weighted by Gasteiger charge is 2.15. The van der Waals surface area contributed by atoms with Crippen LogP contribution in [0.1, 0.15) is 0 Å². The second-order valence-electron chi connectivity index (χ2n) is 10.8. The van der Waals surface area contributed by atoms with E-state index in [1.165, 1.54) is 32.9 Å². The van der Waals surface area contributed by atoms with Gasteiger partial charge in [0, 0.05) is 33.0 Å². The molecule has 0 amide bonds. The molecule has 0 spiro atoms. The molecule has 0 bridgehead atoms. The number of nitrogens with zero attached hydrogens (tertiary/aromatic N) is 2. The average Bonchev–Trinajstić information content (AvgIpc) is 3.78. The largest absolute Gasteiger partial charge is 0.456 e. The third kappa shape index (κ3) is 3.88. The number of rotatable bonds is 4. The molecule has 4 nitrogen and oxygen atoms in total. The van der Waals surface area contributed by atoms with Gasteiger partial charge in [-0.05, 0) is 77.9 Å². The zero-order valence-corrected chi connectivity index (χ0v) is 23.1. The Morgan fingerprint density at radius 2 is 1.14 bits per heavy atom. The molecular formula is C39H24N2O2. The minimum Gasteiger partial charge on any atom is -0.456 e. The van der Waals surface area contributed by atoms with Gasteiger partial charge in [0.05, 0.1) is 11.0 Å². The Hall–Kier alpha value is -5.87. The summed E-state index contributed by atoms with van der Waals surface area (Å²) in [5, 5.41) is 3.56. The van der Waals surface area contributed by atoms with Gasteiger partial charge in [0.1, 0.15) is 16.9 Å².